The van der Waals surface area contributed by atoms with Crippen molar-refractivity contribution in [3.05, 3.63) is 64.3 Å². The Balaban J connectivity index is 1.53. The number of halogens is 1. The van der Waals surface area contributed by atoms with Gasteiger partial charge in [-0.05, 0) is 54.7 Å². The molecule has 2 heterocycles. The van der Waals surface area contributed by atoms with Gasteiger partial charge in [0.15, 0.2) is 5.13 Å². The molecule has 2 aromatic carbocycles. The molecule has 0 radical (unpaired) electrons. The van der Waals surface area contributed by atoms with Gasteiger partial charge in [0.1, 0.15) is 24.5 Å². The number of hydrogen-bond donors (Lipinski definition) is 1. The molecule has 1 N–H and O–H groups in total. The molecule has 1 aliphatic rings. The summed E-state index contributed by atoms with van der Waals surface area (Å²) in [6.45, 7) is 5.38. The molecule has 1 fully saturated rings. The van der Waals surface area contributed by atoms with Crippen LogP contribution in [0.5, 0.6) is 5.75 Å². The number of nitrogens with zero attached hydrogens (tertiary/aromatic N) is 2. The number of benzene rings is 2. The molecule has 1 saturated heterocycles. The van der Waals surface area contributed by atoms with Crippen molar-refractivity contribution in [1.82, 2.24) is 4.98 Å². The molecule has 6 nitrogen and oxygen atoms in total. The number of carbonyl (C=O) groups excluding carboxylic acids is 1. The number of piperidine rings is 1. The van der Waals surface area contributed by atoms with Gasteiger partial charge in [0.05, 0.1) is 11.6 Å². The molecule has 2 atom stereocenters. The summed E-state index contributed by atoms with van der Waals surface area (Å²) in [6.07, 6.45) is 1.38. The molecule has 2 unspecified atom stereocenters. The van der Waals surface area contributed by atoms with E-state index in [2.05, 4.69) is 4.90 Å². The minimum absolute atomic E-state index is 0.0190. The molecule has 0 amide bonds. The molecule has 3 aromatic rings. The fraction of sp³-hybridized carbons (Fsp3) is 0.320. The maximum absolute atomic E-state index is 14.1. The van der Waals surface area contributed by atoms with Crippen LogP contribution in [0.4, 0.5) is 9.52 Å². The predicted molar refractivity (Wildman–Crippen MR) is 126 cm³/mol. The largest absolute Gasteiger partial charge is 0.488 e. The van der Waals surface area contributed by atoms with E-state index in [4.69, 9.17) is 9.72 Å². The first-order valence-electron chi connectivity index (χ1n) is 10.8. The predicted octanol–water partition coefficient (Wildman–Crippen LogP) is 5.20. The maximum Gasteiger partial charge on any atom is 0.306 e. The van der Waals surface area contributed by atoms with Crippen LogP contribution in [-0.2, 0) is 11.4 Å². The van der Waals surface area contributed by atoms with Gasteiger partial charge in [-0.25, -0.2) is 9.37 Å². The molecule has 8 heteroatoms. The zero-order chi connectivity index (χ0) is 23.5. The summed E-state index contributed by atoms with van der Waals surface area (Å²) in [5.41, 5.74) is 3.66. The summed E-state index contributed by atoms with van der Waals surface area (Å²) in [5.74, 6) is -0.933. The minimum atomic E-state index is -0.750. The number of aliphatic carboxylic acids is 1. The van der Waals surface area contributed by atoms with Gasteiger partial charge >= 0.3 is 5.97 Å². The summed E-state index contributed by atoms with van der Waals surface area (Å²) in [4.78, 5) is 29.2. The van der Waals surface area contributed by atoms with Crippen molar-refractivity contribution in [2.45, 2.75) is 26.9 Å². The van der Waals surface area contributed by atoms with Crippen molar-refractivity contribution in [3.8, 4) is 17.0 Å². The highest BCUT2D eigenvalue weighted by atomic mass is 32.1. The highest BCUT2D eigenvalue weighted by Crippen LogP contribution is 2.36. The Morgan fingerprint density at radius 2 is 2.15 bits per heavy atom. The molecule has 0 bridgehead atoms. The van der Waals surface area contributed by atoms with E-state index >= 15 is 0 Å². The zero-order valence-electron chi connectivity index (χ0n) is 18.5. The van der Waals surface area contributed by atoms with Crippen molar-refractivity contribution < 1.29 is 23.8 Å². The second-order valence-electron chi connectivity index (χ2n) is 8.40. The number of aromatic nitrogens is 1. The van der Waals surface area contributed by atoms with Gasteiger partial charge in [-0.2, -0.15) is 0 Å². The molecule has 1 aromatic heterocycles. The van der Waals surface area contributed by atoms with Gasteiger partial charge in [0, 0.05) is 29.6 Å². The molecular formula is C25H25FN2O4S. The number of aryl methyl sites for hydroxylation is 1. The molecule has 0 saturated carbocycles. The van der Waals surface area contributed by atoms with Crippen LogP contribution in [0.3, 0.4) is 0 Å². The third-order valence-electron chi connectivity index (χ3n) is 6.09. The average Bonchev–Trinajstić information content (AvgIpc) is 3.28. The van der Waals surface area contributed by atoms with Crippen LogP contribution < -0.4 is 9.64 Å². The monoisotopic (exact) mass is 468 g/mol. The number of thiazole rings is 1. The van der Waals surface area contributed by atoms with Crippen molar-refractivity contribution in [1.29, 1.82) is 0 Å². The van der Waals surface area contributed by atoms with Crippen LogP contribution in [0.2, 0.25) is 0 Å². The van der Waals surface area contributed by atoms with E-state index in [1.165, 1.54) is 23.5 Å². The standard InChI is InChI=1S/C25H25FN2O4S/c1-15-9-17(12-29)3-4-18(15)13-32-23-6-5-19(26)10-21(23)22-14-33-25(27-22)28-8-7-20(24(30)31)16(2)11-28/h3-6,9-10,12,14,16,20H,7-8,11,13H2,1-2H3,(H,30,31). The molecule has 172 valence electrons. The number of rotatable bonds is 7. The second kappa shape index (κ2) is 9.70. The lowest BCUT2D eigenvalue weighted by Crippen LogP contribution is -2.42. The molecule has 0 aliphatic carbocycles. The van der Waals surface area contributed by atoms with Crippen LogP contribution in [-0.4, -0.2) is 35.4 Å². The maximum atomic E-state index is 14.1. The molecule has 4 rings (SSSR count). The lowest BCUT2D eigenvalue weighted by molar-refractivity contribution is -0.144. The Hall–Kier alpha value is -3.26. The summed E-state index contributed by atoms with van der Waals surface area (Å²) >= 11 is 1.45. The van der Waals surface area contributed by atoms with E-state index < -0.39 is 5.97 Å². The number of carboxylic acid groups (broad SMARTS) is 1. The van der Waals surface area contributed by atoms with E-state index in [1.807, 2.05) is 25.3 Å². The number of ether oxygens (including phenoxy) is 1. The first kappa shape index (κ1) is 22.9. The van der Waals surface area contributed by atoms with Crippen molar-refractivity contribution in [3.63, 3.8) is 0 Å². The number of anilines is 1. The first-order chi connectivity index (χ1) is 15.9. The van der Waals surface area contributed by atoms with E-state index in [-0.39, 0.29) is 24.3 Å². The molecule has 0 spiro atoms. The van der Waals surface area contributed by atoms with Gasteiger partial charge < -0.3 is 14.7 Å². The van der Waals surface area contributed by atoms with Gasteiger partial charge in [-0.15, -0.1) is 11.3 Å². The zero-order valence-corrected chi connectivity index (χ0v) is 19.3. The van der Waals surface area contributed by atoms with Crippen molar-refractivity contribution in [2.24, 2.45) is 11.8 Å². The summed E-state index contributed by atoms with van der Waals surface area (Å²) < 4.78 is 20.1. The Labute approximate surface area is 195 Å². The summed E-state index contributed by atoms with van der Waals surface area (Å²) in [5, 5.41) is 12.0. The van der Waals surface area contributed by atoms with E-state index in [0.717, 1.165) is 22.5 Å². The number of aldehydes is 1. The third-order valence-corrected chi connectivity index (χ3v) is 6.99. The fourth-order valence-corrected chi connectivity index (χ4v) is 5.02. The lowest BCUT2D eigenvalue weighted by atomic mass is 9.87. The van der Waals surface area contributed by atoms with Gasteiger partial charge in [-0.1, -0.05) is 19.1 Å². The van der Waals surface area contributed by atoms with Crippen LogP contribution >= 0.6 is 11.3 Å². The van der Waals surface area contributed by atoms with Gasteiger partial charge in [0.2, 0.25) is 0 Å². The Kier molecular flexibility index (Phi) is 6.74. The smallest absolute Gasteiger partial charge is 0.306 e. The highest BCUT2D eigenvalue weighted by molar-refractivity contribution is 7.14. The van der Waals surface area contributed by atoms with E-state index in [1.54, 1.807) is 18.2 Å². The van der Waals surface area contributed by atoms with E-state index in [0.29, 0.717) is 42.1 Å². The van der Waals surface area contributed by atoms with Gasteiger partial charge in [0.25, 0.3) is 0 Å². The number of carbonyl (C=O) groups is 2. The normalized spacial score (nSPS) is 18.2. The van der Waals surface area contributed by atoms with Crippen molar-refractivity contribution >= 4 is 28.7 Å². The summed E-state index contributed by atoms with van der Waals surface area (Å²) in [7, 11) is 0. The topological polar surface area (TPSA) is 79.7 Å². The van der Waals surface area contributed by atoms with Crippen LogP contribution in [0, 0.1) is 24.6 Å². The SMILES string of the molecule is Cc1cc(C=O)ccc1COc1ccc(F)cc1-c1csc(N2CCC(C(=O)O)C(C)C2)n1. The van der Waals surface area contributed by atoms with Crippen LogP contribution in [0.15, 0.2) is 41.8 Å². The molecular weight excluding hydrogens is 443 g/mol. The van der Waals surface area contributed by atoms with E-state index in [9.17, 15) is 19.1 Å². The quantitative estimate of drug-likeness (QED) is 0.481. The number of carboxylic acids is 1. The Morgan fingerprint density at radius 1 is 1.33 bits per heavy atom. The van der Waals surface area contributed by atoms with Crippen LogP contribution in [0.25, 0.3) is 11.3 Å². The molecule has 1 aliphatic heterocycles. The van der Waals surface area contributed by atoms with Crippen molar-refractivity contribution in [2.75, 3.05) is 18.0 Å². The Bertz CT molecular complexity index is 1180. The fourth-order valence-electron chi connectivity index (χ4n) is 4.16. The second-order valence-corrected chi connectivity index (χ2v) is 9.24. The molecule has 33 heavy (non-hydrogen) atoms. The third kappa shape index (κ3) is 5.06. The lowest BCUT2D eigenvalue weighted by Gasteiger charge is -2.34. The average molecular weight is 469 g/mol. The van der Waals surface area contributed by atoms with Gasteiger partial charge in [-0.3, -0.25) is 9.59 Å². The highest BCUT2D eigenvalue weighted by Gasteiger charge is 2.32. The Morgan fingerprint density at radius 3 is 2.85 bits per heavy atom. The van der Waals surface area contributed by atoms with Crippen LogP contribution in [0.1, 0.15) is 34.8 Å². The number of hydrogen-bond acceptors (Lipinski definition) is 6. The minimum Gasteiger partial charge on any atom is -0.488 e. The summed E-state index contributed by atoms with van der Waals surface area (Å²) in [6, 6.07) is 9.76. The first-order valence-corrected chi connectivity index (χ1v) is 11.6.